The van der Waals surface area contributed by atoms with Gasteiger partial charge in [0.25, 0.3) is 0 Å². The van der Waals surface area contributed by atoms with Gasteiger partial charge in [-0.3, -0.25) is 5.41 Å². The molecule has 4 nitrogen and oxygen atoms in total. The highest BCUT2D eigenvalue weighted by Gasteiger charge is 2.00. The highest BCUT2D eigenvalue weighted by molar-refractivity contribution is 5.94. The molecule has 4 heteroatoms. The number of nitrogens with one attached hydrogen (secondary N) is 1. The van der Waals surface area contributed by atoms with Gasteiger partial charge in [-0.2, -0.15) is 0 Å². The molecule has 0 unspecified atom stereocenters. The maximum Gasteiger partial charge on any atom is 0.219 e. The van der Waals surface area contributed by atoms with Crippen molar-refractivity contribution in [3.63, 3.8) is 0 Å². The van der Waals surface area contributed by atoms with E-state index < -0.39 is 0 Å². The van der Waals surface area contributed by atoms with Gasteiger partial charge in [-0.25, -0.2) is 4.98 Å². The third-order valence-corrected chi connectivity index (χ3v) is 2.26. The topological polar surface area (TPSA) is 72.0 Å². The van der Waals surface area contributed by atoms with Crippen molar-refractivity contribution in [1.29, 1.82) is 5.41 Å². The SMILES string of the molecule is Cc1cccc(Oc2ccc(C(=N)N)cn2)c1. The highest BCUT2D eigenvalue weighted by atomic mass is 16.5. The smallest absolute Gasteiger partial charge is 0.219 e. The summed E-state index contributed by atoms with van der Waals surface area (Å²) in [5.41, 5.74) is 7.05. The van der Waals surface area contributed by atoms with Crippen LogP contribution in [-0.4, -0.2) is 10.8 Å². The van der Waals surface area contributed by atoms with E-state index >= 15 is 0 Å². The van der Waals surface area contributed by atoms with Gasteiger partial charge in [-0.15, -0.1) is 0 Å². The van der Waals surface area contributed by atoms with Crippen molar-refractivity contribution in [2.75, 3.05) is 0 Å². The molecule has 0 saturated carbocycles. The summed E-state index contributed by atoms with van der Waals surface area (Å²) < 4.78 is 5.57. The first-order chi connectivity index (χ1) is 8.15. The number of benzene rings is 1. The number of hydrogen-bond acceptors (Lipinski definition) is 3. The lowest BCUT2D eigenvalue weighted by molar-refractivity contribution is 0.462. The zero-order valence-electron chi connectivity index (χ0n) is 9.47. The molecule has 1 aromatic heterocycles. The van der Waals surface area contributed by atoms with Gasteiger partial charge >= 0.3 is 0 Å². The van der Waals surface area contributed by atoms with Gasteiger partial charge in [0.2, 0.25) is 5.88 Å². The van der Waals surface area contributed by atoms with Crippen molar-refractivity contribution in [2.45, 2.75) is 6.92 Å². The molecule has 1 aromatic carbocycles. The largest absolute Gasteiger partial charge is 0.439 e. The van der Waals surface area contributed by atoms with Crippen LogP contribution >= 0.6 is 0 Å². The fraction of sp³-hybridized carbons (Fsp3) is 0.0769. The Labute approximate surface area is 99.6 Å². The van der Waals surface area contributed by atoms with E-state index in [1.807, 2.05) is 31.2 Å². The van der Waals surface area contributed by atoms with Gasteiger partial charge in [-0.05, 0) is 30.7 Å². The molecule has 0 radical (unpaired) electrons. The van der Waals surface area contributed by atoms with E-state index in [0.29, 0.717) is 11.4 Å². The molecule has 86 valence electrons. The normalized spacial score (nSPS) is 9.94. The van der Waals surface area contributed by atoms with Crippen LogP contribution in [0.15, 0.2) is 42.6 Å². The van der Waals surface area contributed by atoms with Crippen LogP contribution in [0.2, 0.25) is 0 Å². The lowest BCUT2D eigenvalue weighted by Gasteiger charge is -2.05. The average Bonchev–Trinajstić information content (AvgIpc) is 2.29. The number of aromatic nitrogens is 1. The maximum absolute atomic E-state index is 7.25. The lowest BCUT2D eigenvalue weighted by Crippen LogP contribution is -2.11. The van der Waals surface area contributed by atoms with Crippen LogP contribution in [0.4, 0.5) is 0 Å². The number of hydrogen-bond donors (Lipinski definition) is 2. The Hall–Kier alpha value is -2.36. The summed E-state index contributed by atoms with van der Waals surface area (Å²) in [4.78, 5) is 4.08. The molecule has 2 rings (SSSR count). The first-order valence-electron chi connectivity index (χ1n) is 5.20. The number of rotatable bonds is 3. The van der Waals surface area contributed by atoms with Crippen LogP contribution < -0.4 is 10.5 Å². The summed E-state index contributed by atoms with van der Waals surface area (Å²) >= 11 is 0. The molecule has 0 fully saturated rings. The van der Waals surface area contributed by atoms with E-state index in [9.17, 15) is 0 Å². The van der Waals surface area contributed by atoms with Crippen molar-refractivity contribution in [2.24, 2.45) is 5.73 Å². The molecule has 0 atom stereocenters. The summed E-state index contributed by atoms with van der Waals surface area (Å²) in [6.45, 7) is 2.00. The minimum Gasteiger partial charge on any atom is -0.439 e. The van der Waals surface area contributed by atoms with Crippen molar-refractivity contribution in [3.05, 3.63) is 53.7 Å². The van der Waals surface area contributed by atoms with E-state index in [0.717, 1.165) is 11.3 Å². The minimum absolute atomic E-state index is 0.000365. The molecule has 1 heterocycles. The Morgan fingerprint density at radius 3 is 2.71 bits per heavy atom. The Morgan fingerprint density at radius 1 is 1.29 bits per heavy atom. The van der Waals surface area contributed by atoms with Crippen LogP contribution in [0.25, 0.3) is 0 Å². The fourth-order valence-electron chi connectivity index (χ4n) is 1.40. The first-order valence-corrected chi connectivity index (χ1v) is 5.20. The second-order valence-electron chi connectivity index (χ2n) is 3.72. The van der Waals surface area contributed by atoms with Gasteiger partial charge in [0.05, 0.1) is 0 Å². The van der Waals surface area contributed by atoms with Crippen LogP contribution in [0.3, 0.4) is 0 Å². The zero-order valence-corrected chi connectivity index (χ0v) is 9.47. The van der Waals surface area contributed by atoms with E-state index in [-0.39, 0.29) is 5.84 Å². The van der Waals surface area contributed by atoms with Crippen LogP contribution in [-0.2, 0) is 0 Å². The quantitative estimate of drug-likeness (QED) is 0.625. The summed E-state index contributed by atoms with van der Waals surface area (Å²) in [6, 6.07) is 11.1. The van der Waals surface area contributed by atoms with E-state index in [1.54, 1.807) is 12.1 Å². The summed E-state index contributed by atoms with van der Waals surface area (Å²) in [7, 11) is 0. The van der Waals surface area contributed by atoms with Crippen molar-refractivity contribution in [1.82, 2.24) is 4.98 Å². The predicted octanol–water partition coefficient (Wildman–Crippen LogP) is 2.47. The predicted molar refractivity (Wildman–Crippen MR) is 66.5 cm³/mol. The molecule has 0 aliphatic rings. The Morgan fingerprint density at radius 2 is 2.12 bits per heavy atom. The summed E-state index contributed by atoms with van der Waals surface area (Å²) in [5.74, 6) is 1.23. The molecule has 3 N–H and O–H groups in total. The van der Waals surface area contributed by atoms with Crippen molar-refractivity contribution < 1.29 is 4.74 Å². The second-order valence-corrected chi connectivity index (χ2v) is 3.72. The molecule has 0 bridgehead atoms. The van der Waals surface area contributed by atoms with Gasteiger partial charge in [0, 0.05) is 17.8 Å². The third-order valence-electron chi connectivity index (χ3n) is 2.26. The number of aryl methyl sites for hydroxylation is 1. The fourth-order valence-corrected chi connectivity index (χ4v) is 1.40. The second kappa shape index (κ2) is 4.65. The highest BCUT2D eigenvalue weighted by Crippen LogP contribution is 2.20. The maximum atomic E-state index is 7.25. The van der Waals surface area contributed by atoms with E-state index in [4.69, 9.17) is 15.9 Å². The molecule has 0 spiro atoms. The molecule has 17 heavy (non-hydrogen) atoms. The average molecular weight is 227 g/mol. The van der Waals surface area contributed by atoms with Crippen LogP contribution in [0.1, 0.15) is 11.1 Å². The van der Waals surface area contributed by atoms with Crippen LogP contribution in [0.5, 0.6) is 11.6 Å². The molecular formula is C13H13N3O. The van der Waals surface area contributed by atoms with E-state index in [1.165, 1.54) is 6.20 Å². The number of pyridine rings is 1. The van der Waals surface area contributed by atoms with Crippen molar-refractivity contribution >= 4 is 5.84 Å². The standard InChI is InChI=1S/C13H13N3O/c1-9-3-2-4-11(7-9)17-12-6-5-10(8-16-12)13(14)15/h2-8H,1H3,(H3,14,15). The summed E-state index contributed by atoms with van der Waals surface area (Å²) in [6.07, 6.45) is 1.52. The molecule has 2 aromatic rings. The molecule has 0 amide bonds. The third kappa shape index (κ3) is 2.81. The Balaban J connectivity index is 2.16. The number of amidine groups is 1. The zero-order chi connectivity index (χ0) is 12.3. The number of ether oxygens (including phenoxy) is 1. The molecular weight excluding hydrogens is 214 g/mol. The van der Waals surface area contributed by atoms with Gasteiger partial charge in [0.15, 0.2) is 0 Å². The van der Waals surface area contributed by atoms with Crippen LogP contribution in [0, 0.1) is 12.3 Å². The lowest BCUT2D eigenvalue weighted by atomic mass is 10.2. The minimum atomic E-state index is -0.000365. The Kier molecular flexibility index (Phi) is 3.05. The number of nitrogens with zero attached hydrogens (tertiary/aromatic N) is 1. The van der Waals surface area contributed by atoms with Gasteiger partial charge in [0.1, 0.15) is 11.6 Å². The summed E-state index contributed by atoms with van der Waals surface area (Å²) in [5, 5.41) is 7.25. The number of nitrogens with two attached hydrogens (primary N) is 1. The van der Waals surface area contributed by atoms with E-state index in [2.05, 4.69) is 4.98 Å². The van der Waals surface area contributed by atoms with Gasteiger partial charge < -0.3 is 10.5 Å². The first kappa shape index (κ1) is 11.1. The Bertz CT molecular complexity index is 535. The van der Waals surface area contributed by atoms with Gasteiger partial charge in [-0.1, -0.05) is 12.1 Å². The molecule has 0 saturated heterocycles. The molecule has 0 aliphatic heterocycles. The number of nitrogen functional groups attached to an aromatic ring is 1. The van der Waals surface area contributed by atoms with Crippen molar-refractivity contribution in [3.8, 4) is 11.6 Å². The monoisotopic (exact) mass is 227 g/mol. The molecule has 0 aliphatic carbocycles.